The number of epoxide rings is 1. The lowest BCUT2D eigenvalue weighted by atomic mass is 9.64. The van der Waals surface area contributed by atoms with Crippen molar-refractivity contribution in [1.29, 1.82) is 0 Å². The summed E-state index contributed by atoms with van der Waals surface area (Å²) in [6.07, 6.45) is 18.8. The van der Waals surface area contributed by atoms with Gasteiger partial charge in [0.2, 0.25) is 0 Å². The molecule has 2 heteroatoms. The molecule has 3 rings (SSSR count). The van der Waals surface area contributed by atoms with E-state index in [1.807, 2.05) is 0 Å². The Bertz CT molecular complexity index is 410. The molecule has 2 nitrogen and oxygen atoms in total. The van der Waals surface area contributed by atoms with E-state index < -0.39 is 5.60 Å². The van der Waals surface area contributed by atoms with Crippen molar-refractivity contribution in [3.05, 3.63) is 0 Å². The van der Waals surface area contributed by atoms with Crippen LogP contribution in [0.3, 0.4) is 0 Å². The predicted molar refractivity (Wildman–Crippen MR) is 105 cm³/mol. The molecule has 0 aromatic carbocycles. The zero-order valence-electron chi connectivity index (χ0n) is 17.1. The molecule has 146 valence electrons. The highest BCUT2D eigenvalue weighted by Gasteiger charge is 2.56. The van der Waals surface area contributed by atoms with E-state index in [0.29, 0.717) is 6.10 Å². The van der Waals surface area contributed by atoms with Crippen molar-refractivity contribution in [2.75, 3.05) is 0 Å². The monoisotopic (exact) mass is 350 g/mol. The topological polar surface area (TPSA) is 32.8 Å². The first kappa shape index (κ1) is 19.7. The molecule has 3 fully saturated rings. The fourth-order valence-corrected chi connectivity index (χ4v) is 6.08. The third-order valence-corrected chi connectivity index (χ3v) is 7.60. The third kappa shape index (κ3) is 5.22. The number of fused-ring (bicyclic) bond motifs is 1. The lowest BCUT2D eigenvalue weighted by Gasteiger charge is -2.42. The Kier molecular flexibility index (Phi) is 6.53. The van der Waals surface area contributed by atoms with Crippen LogP contribution in [0.5, 0.6) is 0 Å². The van der Waals surface area contributed by atoms with Crippen LogP contribution in [-0.4, -0.2) is 22.4 Å². The van der Waals surface area contributed by atoms with E-state index in [1.165, 1.54) is 77.0 Å². The van der Waals surface area contributed by atoms with Gasteiger partial charge in [-0.3, -0.25) is 0 Å². The van der Waals surface area contributed by atoms with Gasteiger partial charge in [-0.1, -0.05) is 51.9 Å². The van der Waals surface area contributed by atoms with Gasteiger partial charge in [-0.15, -0.1) is 0 Å². The first-order valence-corrected chi connectivity index (χ1v) is 11.3. The zero-order valence-corrected chi connectivity index (χ0v) is 17.1. The van der Waals surface area contributed by atoms with E-state index in [-0.39, 0.29) is 5.60 Å². The highest BCUT2D eigenvalue weighted by Crippen LogP contribution is 2.54. The molecule has 2 aliphatic carbocycles. The van der Waals surface area contributed by atoms with Crippen LogP contribution in [0.4, 0.5) is 0 Å². The standard InChI is InChI=1S/C23H42O2/c1-4-5-6-7-8-9-12-20(18-11-10-15-22(2,24)16-18)19-13-14-21-23(3,17-19)25-21/h18-21,24H,4-17H2,1-3H3. The molecule has 1 heterocycles. The maximum Gasteiger partial charge on any atom is 0.0923 e. The number of ether oxygens (including phenoxy) is 1. The lowest BCUT2D eigenvalue weighted by Crippen LogP contribution is -2.38. The highest BCUT2D eigenvalue weighted by molar-refractivity contribution is 5.05. The molecule has 3 aliphatic rings. The summed E-state index contributed by atoms with van der Waals surface area (Å²) >= 11 is 0. The van der Waals surface area contributed by atoms with Gasteiger partial charge in [0, 0.05) is 0 Å². The summed E-state index contributed by atoms with van der Waals surface area (Å²) in [7, 11) is 0. The minimum Gasteiger partial charge on any atom is -0.390 e. The average Bonchev–Trinajstić information content (AvgIpc) is 3.23. The van der Waals surface area contributed by atoms with Gasteiger partial charge in [0.15, 0.2) is 0 Å². The van der Waals surface area contributed by atoms with Crippen molar-refractivity contribution in [3.63, 3.8) is 0 Å². The number of hydrogen-bond acceptors (Lipinski definition) is 2. The smallest absolute Gasteiger partial charge is 0.0923 e. The van der Waals surface area contributed by atoms with E-state index in [4.69, 9.17) is 4.74 Å². The van der Waals surface area contributed by atoms with Gasteiger partial charge in [-0.25, -0.2) is 0 Å². The molecule has 2 saturated carbocycles. The van der Waals surface area contributed by atoms with Crippen LogP contribution in [0.1, 0.15) is 111 Å². The normalized spacial score (nSPS) is 42.0. The summed E-state index contributed by atoms with van der Waals surface area (Å²) in [5.41, 5.74) is -0.209. The fraction of sp³-hybridized carbons (Fsp3) is 1.00. The van der Waals surface area contributed by atoms with Gasteiger partial charge in [0.25, 0.3) is 0 Å². The predicted octanol–water partition coefficient (Wildman–Crippen LogP) is 6.25. The molecule has 0 aromatic heterocycles. The second-order valence-corrected chi connectivity index (χ2v) is 10.0. The van der Waals surface area contributed by atoms with Crippen molar-refractivity contribution < 1.29 is 9.84 Å². The number of aliphatic hydroxyl groups is 1. The second kappa shape index (κ2) is 8.30. The van der Waals surface area contributed by atoms with Gasteiger partial charge in [-0.05, 0) is 76.5 Å². The van der Waals surface area contributed by atoms with Crippen molar-refractivity contribution >= 4 is 0 Å². The Morgan fingerprint density at radius 3 is 2.40 bits per heavy atom. The Hall–Kier alpha value is -0.0800. The molecule has 6 unspecified atom stereocenters. The number of hydrogen-bond donors (Lipinski definition) is 1. The Morgan fingerprint density at radius 2 is 1.68 bits per heavy atom. The largest absolute Gasteiger partial charge is 0.390 e. The first-order valence-electron chi connectivity index (χ1n) is 11.3. The van der Waals surface area contributed by atoms with E-state index in [0.717, 1.165) is 30.6 Å². The van der Waals surface area contributed by atoms with E-state index in [2.05, 4.69) is 20.8 Å². The SMILES string of the molecule is CCCCCCCCC(C1CCCC(C)(O)C1)C1CCC2OC2(C)C1. The van der Waals surface area contributed by atoms with Crippen LogP contribution in [0.25, 0.3) is 0 Å². The van der Waals surface area contributed by atoms with E-state index >= 15 is 0 Å². The molecule has 25 heavy (non-hydrogen) atoms. The van der Waals surface area contributed by atoms with Crippen LogP contribution in [0.15, 0.2) is 0 Å². The molecule has 1 saturated heterocycles. The Morgan fingerprint density at radius 1 is 0.960 bits per heavy atom. The minimum absolute atomic E-state index is 0.208. The molecule has 1 aliphatic heterocycles. The van der Waals surface area contributed by atoms with Crippen molar-refractivity contribution in [2.45, 2.75) is 128 Å². The molecular formula is C23H42O2. The van der Waals surface area contributed by atoms with Gasteiger partial charge < -0.3 is 9.84 Å². The summed E-state index contributed by atoms with van der Waals surface area (Å²) < 4.78 is 5.99. The number of unbranched alkanes of at least 4 members (excludes halogenated alkanes) is 5. The van der Waals surface area contributed by atoms with Gasteiger partial charge >= 0.3 is 0 Å². The van der Waals surface area contributed by atoms with Crippen LogP contribution >= 0.6 is 0 Å². The molecule has 0 spiro atoms. The van der Waals surface area contributed by atoms with Gasteiger partial charge in [0.1, 0.15) is 0 Å². The maximum atomic E-state index is 10.6. The Labute approximate surface area is 156 Å². The summed E-state index contributed by atoms with van der Waals surface area (Å²) in [5, 5.41) is 10.6. The number of rotatable bonds is 9. The van der Waals surface area contributed by atoms with Crippen LogP contribution in [0.2, 0.25) is 0 Å². The molecule has 6 atom stereocenters. The minimum atomic E-state index is -0.417. The summed E-state index contributed by atoms with van der Waals surface area (Å²) in [6.45, 7) is 6.70. The summed E-state index contributed by atoms with van der Waals surface area (Å²) in [5.74, 6) is 2.39. The molecule has 0 amide bonds. The van der Waals surface area contributed by atoms with Crippen molar-refractivity contribution in [2.24, 2.45) is 17.8 Å². The first-order chi connectivity index (χ1) is 11.9. The summed E-state index contributed by atoms with van der Waals surface area (Å²) in [6, 6.07) is 0. The Balaban J connectivity index is 1.55. The van der Waals surface area contributed by atoms with E-state index in [9.17, 15) is 5.11 Å². The summed E-state index contributed by atoms with van der Waals surface area (Å²) in [4.78, 5) is 0. The quantitative estimate of drug-likeness (QED) is 0.393. The second-order valence-electron chi connectivity index (χ2n) is 10.0. The average molecular weight is 351 g/mol. The van der Waals surface area contributed by atoms with E-state index in [1.54, 1.807) is 0 Å². The van der Waals surface area contributed by atoms with Gasteiger partial charge in [-0.2, -0.15) is 0 Å². The molecule has 0 bridgehead atoms. The molecule has 0 aromatic rings. The van der Waals surface area contributed by atoms with Crippen LogP contribution in [0, 0.1) is 17.8 Å². The molecule has 0 radical (unpaired) electrons. The van der Waals surface area contributed by atoms with Crippen molar-refractivity contribution in [3.8, 4) is 0 Å². The fourth-order valence-electron chi connectivity index (χ4n) is 6.08. The van der Waals surface area contributed by atoms with Crippen LogP contribution in [-0.2, 0) is 4.74 Å². The lowest BCUT2D eigenvalue weighted by molar-refractivity contribution is -0.0236. The van der Waals surface area contributed by atoms with Gasteiger partial charge in [0.05, 0.1) is 17.3 Å². The highest BCUT2D eigenvalue weighted by atomic mass is 16.6. The molecule has 1 N–H and O–H groups in total. The maximum absolute atomic E-state index is 10.6. The zero-order chi connectivity index (χ0) is 17.9. The van der Waals surface area contributed by atoms with Crippen LogP contribution < -0.4 is 0 Å². The third-order valence-electron chi connectivity index (χ3n) is 7.60. The molecular weight excluding hydrogens is 308 g/mol. The van der Waals surface area contributed by atoms with Crippen molar-refractivity contribution in [1.82, 2.24) is 0 Å².